The van der Waals surface area contributed by atoms with Crippen molar-refractivity contribution in [2.75, 3.05) is 18.0 Å². The summed E-state index contributed by atoms with van der Waals surface area (Å²) in [6.45, 7) is 1.93. The van der Waals surface area contributed by atoms with Crippen LogP contribution < -0.4 is 4.90 Å². The number of hydrogen-bond acceptors (Lipinski definition) is 6. The number of aromatic nitrogens is 5. The SMILES string of the molecule is Fc1ccc(Cc2nnc(N3CCC(c4nncn4C4CC4)CC3)s2)cc1. The van der Waals surface area contributed by atoms with Crippen LogP contribution in [0.2, 0.25) is 0 Å². The van der Waals surface area contributed by atoms with Crippen LogP contribution >= 0.6 is 11.3 Å². The van der Waals surface area contributed by atoms with Gasteiger partial charge in [0.25, 0.3) is 0 Å². The van der Waals surface area contributed by atoms with Crippen molar-refractivity contribution < 1.29 is 4.39 Å². The van der Waals surface area contributed by atoms with Crippen LogP contribution in [0.4, 0.5) is 9.52 Å². The number of piperidine rings is 1. The Kier molecular flexibility index (Phi) is 4.35. The van der Waals surface area contributed by atoms with Crippen molar-refractivity contribution in [3.8, 4) is 0 Å². The molecule has 8 heteroatoms. The Morgan fingerprint density at radius 2 is 1.78 bits per heavy atom. The highest BCUT2D eigenvalue weighted by atomic mass is 32.1. The average Bonchev–Trinajstić information content (AvgIpc) is 3.24. The summed E-state index contributed by atoms with van der Waals surface area (Å²) in [5.41, 5.74) is 1.05. The summed E-state index contributed by atoms with van der Waals surface area (Å²) in [7, 11) is 0. The molecule has 0 unspecified atom stereocenters. The maximum atomic E-state index is 13.0. The second-order valence-corrected chi connectivity index (χ2v) is 8.41. The predicted molar refractivity (Wildman–Crippen MR) is 102 cm³/mol. The Bertz CT molecular complexity index is 908. The normalized spacial score (nSPS) is 18.2. The van der Waals surface area contributed by atoms with Crippen molar-refractivity contribution in [3.63, 3.8) is 0 Å². The van der Waals surface area contributed by atoms with Gasteiger partial charge in [0.2, 0.25) is 5.13 Å². The molecule has 0 N–H and O–H groups in total. The van der Waals surface area contributed by atoms with Crippen molar-refractivity contribution in [1.82, 2.24) is 25.0 Å². The van der Waals surface area contributed by atoms with Gasteiger partial charge in [-0.05, 0) is 43.4 Å². The van der Waals surface area contributed by atoms with Gasteiger partial charge in [-0.15, -0.1) is 20.4 Å². The van der Waals surface area contributed by atoms with Crippen LogP contribution in [0.5, 0.6) is 0 Å². The maximum absolute atomic E-state index is 13.0. The van der Waals surface area contributed by atoms with Crippen LogP contribution in [0.3, 0.4) is 0 Å². The van der Waals surface area contributed by atoms with Gasteiger partial charge >= 0.3 is 0 Å². The van der Waals surface area contributed by atoms with Crippen molar-refractivity contribution >= 4 is 16.5 Å². The summed E-state index contributed by atoms with van der Waals surface area (Å²) < 4.78 is 15.3. The monoisotopic (exact) mass is 384 g/mol. The van der Waals surface area contributed by atoms with Gasteiger partial charge < -0.3 is 9.47 Å². The highest BCUT2D eigenvalue weighted by molar-refractivity contribution is 7.15. The number of nitrogens with zero attached hydrogens (tertiary/aromatic N) is 6. The molecule has 1 saturated heterocycles. The van der Waals surface area contributed by atoms with Gasteiger partial charge in [0.15, 0.2) is 0 Å². The van der Waals surface area contributed by atoms with Crippen molar-refractivity contribution in [2.24, 2.45) is 0 Å². The van der Waals surface area contributed by atoms with Gasteiger partial charge in [0, 0.05) is 31.5 Å². The summed E-state index contributed by atoms with van der Waals surface area (Å²) in [5.74, 6) is 1.43. The molecule has 5 rings (SSSR count). The second-order valence-electron chi connectivity index (χ2n) is 7.37. The quantitative estimate of drug-likeness (QED) is 0.673. The Morgan fingerprint density at radius 3 is 2.52 bits per heavy atom. The number of hydrogen-bond donors (Lipinski definition) is 0. The minimum Gasteiger partial charge on any atom is -0.347 e. The van der Waals surface area contributed by atoms with Gasteiger partial charge in [-0.1, -0.05) is 23.5 Å². The molecule has 3 heterocycles. The number of anilines is 1. The van der Waals surface area contributed by atoms with E-state index in [1.54, 1.807) is 23.5 Å². The lowest BCUT2D eigenvalue weighted by Gasteiger charge is -2.31. The fourth-order valence-electron chi connectivity index (χ4n) is 3.73. The Balaban J connectivity index is 1.21. The standard InChI is InChI=1S/C19H21FN6S/c20-15-3-1-13(2-4-15)11-17-22-24-19(27-17)25-9-7-14(8-10-25)18-23-21-12-26(18)16-5-6-16/h1-4,12,14,16H,5-11H2. The molecule has 0 amide bonds. The Labute approximate surface area is 161 Å². The first-order valence-corrected chi connectivity index (χ1v) is 10.3. The molecule has 27 heavy (non-hydrogen) atoms. The molecule has 140 valence electrons. The van der Waals surface area contributed by atoms with Crippen LogP contribution in [0.15, 0.2) is 30.6 Å². The Morgan fingerprint density at radius 1 is 1.00 bits per heavy atom. The van der Waals surface area contributed by atoms with Crippen LogP contribution in [0.1, 0.15) is 54.0 Å². The molecular weight excluding hydrogens is 363 g/mol. The van der Waals surface area contributed by atoms with E-state index < -0.39 is 0 Å². The van der Waals surface area contributed by atoms with Gasteiger partial charge in [-0.2, -0.15) is 0 Å². The zero-order valence-electron chi connectivity index (χ0n) is 15.0. The zero-order valence-corrected chi connectivity index (χ0v) is 15.8. The molecule has 2 aromatic heterocycles. The van der Waals surface area contributed by atoms with Crippen LogP contribution in [-0.2, 0) is 6.42 Å². The van der Waals surface area contributed by atoms with Crippen molar-refractivity contribution in [3.05, 3.63) is 52.8 Å². The first-order chi connectivity index (χ1) is 13.3. The fraction of sp³-hybridized carbons (Fsp3) is 0.474. The number of halogens is 1. The molecule has 0 bridgehead atoms. The van der Waals surface area contributed by atoms with E-state index in [4.69, 9.17) is 0 Å². The predicted octanol–water partition coefficient (Wildman–Crippen LogP) is 3.58. The largest absolute Gasteiger partial charge is 0.347 e. The van der Waals surface area contributed by atoms with Crippen LogP contribution in [0.25, 0.3) is 0 Å². The van der Waals surface area contributed by atoms with E-state index in [0.29, 0.717) is 18.4 Å². The molecule has 1 saturated carbocycles. The summed E-state index contributed by atoms with van der Waals surface area (Å²) in [6, 6.07) is 7.21. The molecule has 2 fully saturated rings. The van der Waals surface area contributed by atoms with E-state index in [1.165, 1.54) is 25.0 Å². The molecule has 0 radical (unpaired) electrons. The molecular formula is C19H21FN6S. The number of benzene rings is 1. The van der Waals surface area contributed by atoms with E-state index in [1.807, 2.05) is 6.33 Å². The lowest BCUT2D eigenvalue weighted by molar-refractivity contribution is 0.464. The Hall–Kier alpha value is -2.35. The third-order valence-corrected chi connectivity index (χ3v) is 6.38. The highest BCUT2D eigenvalue weighted by Crippen LogP contribution is 2.39. The van der Waals surface area contributed by atoms with Gasteiger partial charge in [-0.25, -0.2) is 4.39 Å². The summed E-state index contributed by atoms with van der Waals surface area (Å²) in [6.07, 6.45) is 7.23. The van der Waals surface area contributed by atoms with E-state index in [9.17, 15) is 4.39 Å². The molecule has 1 aliphatic heterocycles. The lowest BCUT2D eigenvalue weighted by Crippen LogP contribution is -2.33. The molecule has 2 aliphatic rings. The topological polar surface area (TPSA) is 59.7 Å². The van der Waals surface area contributed by atoms with Gasteiger partial charge in [0.1, 0.15) is 23.0 Å². The van der Waals surface area contributed by atoms with Crippen molar-refractivity contribution in [2.45, 2.75) is 44.1 Å². The summed E-state index contributed by atoms with van der Waals surface area (Å²) in [4.78, 5) is 2.32. The molecule has 1 aliphatic carbocycles. The molecule has 1 aromatic carbocycles. The van der Waals surface area contributed by atoms with E-state index >= 15 is 0 Å². The van der Waals surface area contributed by atoms with Gasteiger partial charge in [0.05, 0.1) is 0 Å². The first kappa shape index (κ1) is 16.8. The molecule has 0 spiro atoms. The molecule has 6 nitrogen and oxygen atoms in total. The zero-order chi connectivity index (χ0) is 18.2. The van der Waals surface area contributed by atoms with Crippen molar-refractivity contribution in [1.29, 1.82) is 0 Å². The third kappa shape index (κ3) is 3.58. The van der Waals surface area contributed by atoms with Gasteiger partial charge in [-0.3, -0.25) is 0 Å². The smallest absolute Gasteiger partial charge is 0.208 e. The average molecular weight is 384 g/mol. The summed E-state index contributed by atoms with van der Waals surface area (Å²) >= 11 is 1.63. The minimum absolute atomic E-state index is 0.211. The van der Waals surface area contributed by atoms with E-state index in [2.05, 4.69) is 29.9 Å². The molecule has 0 atom stereocenters. The highest BCUT2D eigenvalue weighted by Gasteiger charge is 2.31. The third-order valence-electron chi connectivity index (χ3n) is 5.40. The van der Waals surface area contributed by atoms with E-state index in [0.717, 1.165) is 47.5 Å². The second kappa shape index (κ2) is 6.99. The fourth-order valence-corrected chi connectivity index (χ4v) is 4.65. The maximum Gasteiger partial charge on any atom is 0.208 e. The van der Waals surface area contributed by atoms with Crippen LogP contribution in [0, 0.1) is 5.82 Å². The first-order valence-electron chi connectivity index (χ1n) is 9.47. The number of rotatable bonds is 5. The van der Waals surface area contributed by atoms with Crippen LogP contribution in [-0.4, -0.2) is 38.1 Å². The molecule has 3 aromatic rings. The minimum atomic E-state index is -0.211. The summed E-state index contributed by atoms with van der Waals surface area (Å²) in [5, 5.41) is 19.2. The van der Waals surface area contributed by atoms with E-state index in [-0.39, 0.29) is 5.82 Å². The lowest BCUT2D eigenvalue weighted by atomic mass is 9.96.